The van der Waals surface area contributed by atoms with Crippen LogP contribution in [0, 0.1) is 6.92 Å². The molecule has 2 unspecified atom stereocenters. The number of Topliss-reactive ketones (excluding diaryl/α,β-unsaturated/α-hetero) is 1. The number of oxime groups is 1. The molecule has 2 heterocycles. The van der Waals surface area contributed by atoms with E-state index in [2.05, 4.69) is 25.9 Å². The third-order valence-electron chi connectivity index (χ3n) is 12.4. The maximum Gasteiger partial charge on any atom is 0.226 e. The Morgan fingerprint density at radius 2 is 1.51 bits per heavy atom. The largest absolute Gasteiger partial charge is 0.511 e. The average Bonchev–Trinajstić information content (AvgIpc) is 3.34. The van der Waals surface area contributed by atoms with E-state index in [4.69, 9.17) is 23.8 Å². The van der Waals surface area contributed by atoms with E-state index in [1.165, 1.54) is 10.6 Å². The molecule has 17 nitrogen and oxygen atoms in total. The number of aliphatic hydroxyl groups excluding tert-OH is 1. The fourth-order valence-corrected chi connectivity index (χ4v) is 8.08. The predicted octanol–water partition coefficient (Wildman–Crippen LogP) is 5.10. The summed E-state index contributed by atoms with van der Waals surface area (Å²) in [5, 5.41) is 16.8. The fourth-order valence-electron chi connectivity index (χ4n) is 8.08. The molecule has 2 aromatic carbocycles. The average molecular weight is 935 g/mol. The molecule has 0 saturated carbocycles. The number of ether oxygens (including phenoxy) is 4. The first-order chi connectivity index (χ1) is 32.5. The van der Waals surface area contributed by atoms with Crippen LogP contribution in [0.4, 0.5) is 5.69 Å². The Hall–Kier alpha value is -5.20. The van der Waals surface area contributed by atoms with Crippen molar-refractivity contribution < 1.29 is 52.9 Å². The number of imide groups is 1. The summed E-state index contributed by atoms with van der Waals surface area (Å²) in [6, 6.07) is 14.0. The molecule has 0 radical (unpaired) electrons. The van der Waals surface area contributed by atoms with Crippen LogP contribution < -0.4 is 15.0 Å². The number of anilines is 1. The van der Waals surface area contributed by atoms with Crippen molar-refractivity contribution in [1.82, 2.24) is 20.0 Å². The number of aldehydes is 1. The molecule has 2 fully saturated rings. The first-order valence-electron chi connectivity index (χ1n) is 23.8. The van der Waals surface area contributed by atoms with Gasteiger partial charge in [-0.25, -0.2) is 0 Å². The fraction of sp³-hybridized carbons (Fsp3) is 0.600. The molecule has 2 saturated heterocycles. The minimum absolute atomic E-state index is 0.00917. The van der Waals surface area contributed by atoms with Gasteiger partial charge < -0.3 is 43.6 Å². The van der Waals surface area contributed by atoms with Crippen molar-refractivity contribution >= 4 is 42.2 Å². The van der Waals surface area contributed by atoms with E-state index in [0.29, 0.717) is 96.0 Å². The van der Waals surface area contributed by atoms with Gasteiger partial charge in [0.15, 0.2) is 5.78 Å². The molecule has 67 heavy (non-hydrogen) atoms. The Morgan fingerprint density at radius 1 is 0.881 bits per heavy atom. The standard InChI is InChI=1S/C42H60N4O8.C8H14N2O3/c1-4-39(43-53-5-2)42-40(48)29-35(30-41(42)49)33-7-10-37(11-8-33)54-38-12-14-44(15-13-38)20-22-50-24-26-52-27-25-51-23-21-45-16-18-46(19-17-45)36-9-6-34(31-47)32(3)28-36;1-7(10(2)6-12)3-4-8(13)9-5-11/h6-11,28,31,35,38,48H,4-5,12-27,29-30H2,1-3H3;5-7H,3-4H2,1-2H3,(H,9,11,13)/b43-39+;. The first-order valence-corrected chi connectivity index (χ1v) is 23.8. The van der Waals surface area contributed by atoms with E-state index in [1.807, 2.05) is 69.4 Å². The number of benzene rings is 2. The number of hydrogen-bond acceptors (Lipinski definition) is 15. The summed E-state index contributed by atoms with van der Waals surface area (Å²) >= 11 is 0. The molecule has 0 spiro atoms. The number of aryl methyl sites for hydroxylation is 1. The Bertz CT molecular complexity index is 1890. The van der Waals surface area contributed by atoms with Crippen LogP contribution in [0.15, 0.2) is 59.0 Å². The Labute approximate surface area is 396 Å². The number of nitrogens with zero attached hydrogens (tertiary/aromatic N) is 5. The minimum atomic E-state index is -0.318. The highest BCUT2D eigenvalue weighted by atomic mass is 16.6. The SMILES string of the molecule is CC(CCC(=O)NC=O)N(C)C=O.CCO/N=C(\CC)C1=C(O)CC(c2ccc(OC3CCN(CCOCCOCCOCCN4CCN(c5ccc(C=O)c(C)c5)CC4)CC3)cc2)CC1=O. The van der Waals surface area contributed by atoms with E-state index in [9.17, 15) is 29.1 Å². The molecule has 17 heteroatoms. The van der Waals surface area contributed by atoms with Crippen molar-refractivity contribution in [2.75, 3.05) is 111 Å². The Morgan fingerprint density at radius 3 is 2.06 bits per heavy atom. The number of carbonyl (C=O) groups is 5. The number of rotatable bonds is 27. The van der Waals surface area contributed by atoms with Crippen LogP contribution in [0.25, 0.3) is 0 Å². The van der Waals surface area contributed by atoms with Crippen molar-refractivity contribution in [1.29, 1.82) is 0 Å². The third kappa shape index (κ3) is 18.8. The molecular formula is C50H74N6O11. The number of hydrogen-bond donors (Lipinski definition) is 2. The van der Waals surface area contributed by atoms with Crippen LogP contribution in [0.1, 0.15) is 93.1 Å². The number of piperidine rings is 1. The van der Waals surface area contributed by atoms with Crippen LogP contribution in [0.2, 0.25) is 0 Å². The molecule has 5 rings (SSSR count). The van der Waals surface area contributed by atoms with Gasteiger partial charge in [0.1, 0.15) is 30.5 Å². The number of likely N-dealkylation sites (tertiary alicyclic amines) is 1. The molecule has 2 aromatic rings. The molecule has 3 amide bonds. The smallest absolute Gasteiger partial charge is 0.226 e. The Balaban J connectivity index is 0.000000656. The van der Waals surface area contributed by atoms with Gasteiger partial charge in [-0.1, -0.05) is 24.2 Å². The van der Waals surface area contributed by atoms with Gasteiger partial charge in [-0.2, -0.15) is 0 Å². The molecule has 2 aliphatic heterocycles. The molecule has 2 N–H and O–H groups in total. The van der Waals surface area contributed by atoms with Gasteiger partial charge in [0.05, 0.1) is 50.9 Å². The number of aliphatic hydroxyl groups is 1. The lowest BCUT2D eigenvalue weighted by molar-refractivity contribution is -0.126. The molecule has 2 atom stereocenters. The topological polar surface area (TPSA) is 189 Å². The molecule has 370 valence electrons. The second kappa shape index (κ2) is 30.2. The predicted molar refractivity (Wildman–Crippen MR) is 257 cm³/mol. The third-order valence-corrected chi connectivity index (χ3v) is 12.4. The van der Waals surface area contributed by atoms with Gasteiger partial charge in [0.25, 0.3) is 0 Å². The number of piperazine rings is 1. The molecule has 0 aromatic heterocycles. The summed E-state index contributed by atoms with van der Waals surface area (Å²) in [6.45, 7) is 19.3. The quantitative estimate of drug-likeness (QED) is 0.0521. The zero-order valence-electron chi connectivity index (χ0n) is 40.3. The molecule has 0 bridgehead atoms. The lowest BCUT2D eigenvalue weighted by Gasteiger charge is -2.36. The zero-order chi connectivity index (χ0) is 48.4. The van der Waals surface area contributed by atoms with Gasteiger partial charge >= 0.3 is 0 Å². The monoisotopic (exact) mass is 935 g/mol. The van der Waals surface area contributed by atoms with E-state index in [-0.39, 0.29) is 41.9 Å². The van der Waals surface area contributed by atoms with Crippen LogP contribution in [0.5, 0.6) is 5.75 Å². The van der Waals surface area contributed by atoms with Gasteiger partial charge in [0.2, 0.25) is 18.7 Å². The van der Waals surface area contributed by atoms with Gasteiger partial charge in [0, 0.05) is 96.0 Å². The Kier molecular flexibility index (Phi) is 24.6. The van der Waals surface area contributed by atoms with Crippen molar-refractivity contribution in [2.24, 2.45) is 5.16 Å². The summed E-state index contributed by atoms with van der Waals surface area (Å²) in [4.78, 5) is 68.9. The number of amides is 3. The molecule has 1 aliphatic carbocycles. The summed E-state index contributed by atoms with van der Waals surface area (Å²) in [7, 11) is 1.65. The maximum atomic E-state index is 13.0. The van der Waals surface area contributed by atoms with Crippen molar-refractivity contribution in [3.8, 4) is 5.75 Å². The van der Waals surface area contributed by atoms with Crippen molar-refractivity contribution in [2.45, 2.75) is 90.7 Å². The van der Waals surface area contributed by atoms with Crippen LogP contribution in [0.3, 0.4) is 0 Å². The summed E-state index contributed by atoms with van der Waals surface area (Å²) in [5.74, 6) is 0.429. The lowest BCUT2D eigenvalue weighted by atomic mass is 9.81. The number of ketones is 1. The lowest BCUT2D eigenvalue weighted by Crippen LogP contribution is -2.47. The van der Waals surface area contributed by atoms with Gasteiger partial charge in [-0.05, 0) is 93.8 Å². The maximum absolute atomic E-state index is 13.0. The van der Waals surface area contributed by atoms with Gasteiger partial charge in [-0.15, -0.1) is 0 Å². The number of carbonyl (C=O) groups excluding carboxylic acids is 5. The van der Waals surface area contributed by atoms with E-state index in [1.54, 1.807) is 7.05 Å². The summed E-state index contributed by atoms with van der Waals surface area (Å²) in [5.41, 5.74) is 4.81. The molecule has 3 aliphatic rings. The highest BCUT2D eigenvalue weighted by Gasteiger charge is 2.31. The summed E-state index contributed by atoms with van der Waals surface area (Å²) in [6.07, 6.45) is 6.12. The molecular weight excluding hydrogens is 861 g/mol. The summed E-state index contributed by atoms with van der Waals surface area (Å²) < 4.78 is 23.6. The van der Waals surface area contributed by atoms with E-state index < -0.39 is 0 Å². The van der Waals surface area contributed by atoms with E-state index in [0.717, 1.165) is 93.9 Å². The van der Waals surface area contributed by atoms with Crippen molar-refractivity contribution in [3.05, 3.63) is 70.5 Å². The van der Waals surface area contributed by atoms with Crippen LogP contribution in [-0.4, -0.2) is 174 Å². The van der Waals surface area contributed by atoms with Crippen molar-refractivity contribution in [3.63, 3.8) is 0 Å². The first kappa shape index (κ1) is 54.4. The number of allylic oxidation sites excluding steroid dienone is 2. The highest BCUT2D eigenvalue weighted by Crippen LogP contribution is 2.35. The minimum Gasteiger partial charge on any atom is -0.511 e. The second-order valence-corrected chi connectivity index (χ2v) is 17.1. The highest BCUT2D eigenvalue weighted by molar-refractivity contribution is 6.23. The zero-order valence-corrected chi connectivity index (χ0v) is 40.3. The second-order valence-electron chi connectivity index (χ2n) is 17.1. The van der Waals surface area contributed by atoms with Gasteiger partial charge in [-0.3, -0.25) is 34.2 Å². The number of nitrogens with one attached hydrogen (secondary N) is 1. The normalized spacial score (nSPS) is 17.9. The van der Waals surface area contributed by atoms with Crippen LogP contribution in [-0.2, 0) is 38.2 Å². The van der Waals surface area contributed by atoms with E-state index >= 15 is 0 Å². The van der Waals surface area contributed by atoms with Crippen LogP contribution >= 0.6 is 0 Å².